The zero-order valence-electron chi connectivity index (χ0n) is 18.7. The van der Waals surface area contributed by atoms with Crippen LogP contribution in [0.2, 0.25) is 0 Å². The van der Waals surface area contributed by atoms with Gasteiger partial charge in [-0.1, -0.05) is 36.4 Å². The fourth-order valence-corrected chi connectivity index (χ4v) is 3.88. The molecule has 1 aliphatic rings. The summed E-state index contributed by atoms with van der Waals surface area (Å²) in [6, 6.07) is 19.4. The first-order valence-electron chi connectivity index (χ1n) is 11.2. The van der Waals surface area contributed by atoms with Gasteiger partial charge in [-0.25, -0.2) is 9.48 Å². The zero-order chi connectivity index (χ0) is 22.3. The molecule has 1 saturated heterocycles. The van der Waals surface area contributed by atoms with Gasteiger partial charge in [0.05, 0.1) is 29.6 Å². The van der Waals surface area contributed by atoms with Gasteiger partial charge in [0.1, 0.15) is 5.75 Å². The van der Waals surface area contributed by atoms with E-state index < -0.39 is 0 Å². The van der Waals surface area contributed by atoms with E-state index in [0.29, 0.717) is 25.5 Å². The summed E-state index contributed by atoms with van der Waals surface area (Å²) in [5.74, 6) is 1.33. The first kappa shape index (κ1) is 21.9. The van der Waals surface area contributed by atoms with Crippen LogP contribution in [-0.2, 0) is 11.3 Å². The Hall–Kier alpha value is -3.32. The fourth-order valence-electron chi connectivity index (χ4n) is 3.88. The van der Waals surface area contributed by atoms with Gasteiger partial charge in [-0.05, 0) is 51.0 Å². The molecule has 32 heavy (non-hydrogen) atoms. The Kier molecular flexibility index (Phi) is 7.07. The number of ether oxygens (including phenoxy) is 2. The number of para-hydroxylation sites is 2. The van der Waals surface area contributed by atoms with E-state index in [-0.39, 0.29) is 12.1 Å². The lowest BCUT2D eigenvalue weighted by Crippen LogP contribution is -2.43. The van der Waals surface area contributed by atoms with Crippen molar-refractivity contribution in [2.24, 2.45) is 0 Å². The van der Waals surface area contributed by atoms with Crippen LogP contribution in [-0.4, -0.2) is 46.5 Å². The van der Waals surface area contributed by atoms with Crippen molar-refractivity contribution in [1.29, 1.82) is 0 Å². The number of benzene rings is 2. The summed E-state index contributed by atoms with van der Waals surface area (Å²) in [6.45, 7) is 6.11. The van der Waals surface area contributed by atoms with Gasteiger partial charge in [-0.2, -0.15) is 5.10 Å². The van der Waals surface area contributed by atoms with Crippen LogP contribution in [0.4, 0.5) is 4.79 Å². The van der Waals surface area contributed by atoms with Crippen LogP contribution in [0.1, 0.15) is 31.0 Å². The number of aromatic nitrogens is 2. The first-order valence-corrected chi connectivity index (χ1v) is 11.2. The van der Waals surface area contributed by atoms with Crippen LogP contribution in [0.25, 0.3) is 5.69 Å². The number of rotatable bonds is 8. The van der Waals surface area contributed by atoms with E-state index in [1.807, 2.05) is 74.5 Å². The Balaban J connectivity index is 1.70. The molecule has 1 atom stereocenters. The van der Waals surface area contributed by atoms with E-state index in [1.165, 1.54) is 0 Å². The van der Waals surface area contributed by atoms with Crippen LogP contribution in [0.15, 0.2) is 60.7 Å². The highest BCUT2D eigenvalue weighted by atomic mass is 16.5. The SMILES string of the molecule is CCNC(=O)N(Cc1c(C)nn(-c2ccccc2)c1Oc1ccccc1)C[C@@H]1CCCO1. The maximum Gasteiger partial charge on any atom is 0.317 e. The third-order valence-corrected chi connectivity index (χ3v) is 5.51. The molecule has 4 rings (SSSR count). The third-order valence-electron chi connectivity index (χ3n) is 5.51. The van der Waals surface area contributed by atoms with Gasteiger partial charge in [-0.3, -0.25) is 0 Å². The average molecular weight is 435 g/mol. The molecule has 7 nitrogen and oxygen atoms in total. The van der Waals surface area contributed by atoms with Gasteiger partial charge in [-0.15, -0.1) is 0 Å². The lowest BCUT2D eigenvalue weighted by Gasteiger charge is -2.26. The normalized spacial score (nSPS) is 15.5. The first-order chi connectivity index (χ1) is 15.7. The summed E-state index contributed by atoms with van der Waals surface area (Å²) in [5.41, 5.74) is 2.60. The second-order valence-electron chi connectivity index (χ2n) is 7.88. The standard InChI is InChI=1S/C25H30N4O3/c1-3-26-25(30)28(17-22-15-10-16-31-22)18-23-19(2)27-29(20-11-6-4-7-12-20)24(23)32-21-13-8-5-9-14-21/h4-9,11-14,22H,3,10,15-18H2,1-2H3,(H,26,30)/t22-/m0/s1. The minimum atomic E-state index is -0.111. The Labute approximate surface area is 188 Å². The highest BCUT2D eigenvalue weighted by molar-refractivity contribution is 5.74. The van der Waals surface area contributed by atoms with Crippen LogP contribution >= 0.6 is 0 Å². The second-order valence-corrected chi connectivity index (χ2v) is 7.88. The summed E-state index contributed by atoms with van der Waals surface area (Å²) in [6.07, 6.45) is 2.05. The highest BCUT2D eigenvalue weighted by Gasteiger charge is 2.27. The number of amides is 2. The predicted molar refractivity (Wildman–Crippen MR) is 123 cm³/mol. The van der Waals surface area contributed by atoms with Crippen LogP contribution < -0.4 is 10.1 Å². The monoisotopic (exact) mass is 434 g/mol. The predicted octanol–water partition coefficient (Wildman–Crippen LogP) is 4.68. The lowest BCUT2D eigenvalue weighted by atomic mass is 10.2. The molecule has 2 aromatic carbocycles. The Morgan fingerprint density at radius 2 is 1.91 bits per heavy atom. The van der Waals surface area contributed by atoms with E-state index >= 15 is 0 Å². The maximum atomic E-state index is 12.9. The summed E-state index contributed by atoms with van der Waals surface area (Å²) in [4.78, 5) is 14.7. The average Bonchev–Trinajstić information content (AvgIpc) is 3.43. The third kappa shape index (κ3) is 5.11. The molecule has 7 heteroatoms. The van der Waals surface area contributed by atoms with Gasteiger partial charge >= 0.3 is 6.03 Å². The molecule has 0 spiro atoms. The van der Waals surface area contributed by atoms with Gasteiger partial charge in [0.2, 0.25) is 5.88 Å². The Morgan fingerprint density at radius 3 is 2.56 bits per heavy atom. The number of nitrogens with one attached hydrogen (secondary N) is 1. The molecule has 0 radical (unpaired) electrons. The van der Waals surface area contributed by atoms with Crippen molar-refractivity contribution in [3.8, 4) is 17.3 Å². The van der Waals surface area contributed by atoms with Crippen LogP contribution in [0, 0.1) is 6.92 Å². The molecule has 1 N–H and O–H groups in total. The summed E-state index contributed by atoms with van der Waals surface area (Å²) >= 11 is 0. The highest BCUT2D eigenvalue weighted by Crippen LogP contribution is 2.32. The molecule has 168 valence electrons. The molecular formula is C25H30N4O3. The molecule has 1 aliphatic heterocycles. The van der Waals surface area contributed by atoms with Crippen molar-refractivity contribution >= 4 is 6.03 Å². The zero-order valence-corrected chi connectivity index (χ0v) is 18.7. The van der Waals surface area contributed by atoms with Crippen molar-refractivity contribution < 1.29 is 14.3 Å². The van der Waals surface area contributed by atoms with Crippen molar-refractivity contribution in [2.75, 3.05) is 19.7 Å². The van der Waals surface area contributed by atoms with E-state index in [1.54, 1.807) is 9.58 Å². The number of aryl methyl sites for hydroxylation is 1. The van der Waals surface area contributed by atoms with Gasteiger partial charge in [0.15, 0.2) is 0 Å². The lowest BCUT2D eigenvalue weighted by molar-refractivity contribution is 0.0793. The number of urea groups is 1. The minimum Gasteiger partial charge on any atom is -0.439 e. The van der Waals surface area contributed by atoms with E-state index in [9.17, 15) is 4.79 Å². The summed E-state index contributed by atoms with van der Waals surface area (Å²) in [5, 5.41) is 7.70. The van der Waals surface area contributed by atoms with Gasteiger partial charge in [0.25, 0.3) is 0 Å². The number of carbonyl (C=O) groups excluding carboxylic acids is 1. The number of hydrogen-bond acceptors (Lipinski definition) is 4. The van der Waals surface area contributed by atoms with E-state index in [2.05, 4.69) is 5.32 Å². The number of hydrogen-bond donors (Lipinski definition) is 1. The number of nitrogens with zero attached hydrogens (tertiary/aromatic N) is 3. The maximum absolute atomic E-state index is 12.9. The molecular weight excluding hydrogens is 404 g/mol. The van der Waals surface area contributed by atoms with Gasteiger partial charge in [0, 0.05) is 19.7 Å². The number of carbonyl (C=O) groups is 1. The minimum absolute atomic E-state index is 0.0561. The van der Waals surface area contributed by atoms with Crippen LogP contribution in [0.5, 0.6) is 11.6 Å². The van der Waals surface area contributed by atoms with Crippen molar-refractivity contribution in [3.05, 3.63) is 71.9 Å². The molecule has 2 heterocycles. The molecule has 1 fully saturated rings. The van der Waals surface area contributed by atoms with E-state index in [4.69, 9.17) is 14.6 Å². The van der Waals surface area contributed by atoms with E-state index in [0.717, 1.165) is 42.1 Å². The summed E-state index contributed by atoms with van der Waals surface area (Å²) < 4.78 is 13.9. The van der Waals surface area contributed by atoms with Crippen molar-refractivity contribution in [1.82, 2.24) is 20.0 Å². The smallest absolute Gasteiger partial charge is 0.317 e. The molecule has 0 aliphatic carbocycles. The Morgan fingerprint density at radius 1 is 1.19 bits per heavy atom. The molecule has 0 unspecified atom stereocenters. The summed E-state index contributed by atoms with van der Waals surface area (Å²) in [7, 11) is 0. The van der Waals surface area contributed by atoms with Gasteiger partial charge < -0.3 is 19.7 Å². The molecule has 3 aromatic rings. The van der Waals surface area contributed by atoms with Crippen molar-refractivity contribution in [3.63, 3.8) is 0 Å². The topological polar surface area (TPSA) is 68.6 Å². The fraction of sp³-hybridized carbons (Fsp3) is 0.360. The second kappa shape index (κ2) is 10.3. The molecule has 2 amide bonds. The molecule has 1 aromatic heterocycles. The molecule has 0 bridgehead atoms. The quantitative estimate of drug-likeness (QED) is 0.559. The Bertz CT molecular complexity index is 1010. The van der Waals surface area contributed by atoms with Crippen LogP contribution in [0.3, 0.4) is 0 Å². The molecule has 0 saturated carbocycles. The largest absolute Gasteiger partial charge is 0.439 e. The van der Waals surface area contributed by atoms with Crippen molar-refractivity contribution in [2.45, 2.75) is 39.3 Å².